The molecular formula is C36H36FN3O4. The largest absolute Gasteiger partial charge is 0.506 e. The van der Waals surface area contributed by atoms with Gasteiger partial charge in [-0.2, -0.15) is 0 Å². The van der Waals surface area contributed by atoms with Crippen molar-refractivity contribution in [1.29, 1.82) is 0 Å². The Balaban J connectivity index is 1.06. The molecule has 0 spiro atoms. The predicted octanol–water partition coefficient (Wildman–Crippen LogP) is 6.79. The van der Waals surface area contributed by atoms with E-state index in [9.17, 15) is 14.3 Å². The molecule has 1 saturated heterocycles. The quantitative estimate of drug-likeness (QED) is 0.204. The Morgan fingerprint density at radius 3 is 2.27 bits per heavy atom. The first kappa shape index (κ1) is 30.5. The smallest absolute Gasteiger partial charge is 0.246 e. The number of halogens is 1. The zero-order valence-corrected chi connectivity index (χ0v) is 24.9. The Hall–Kier alpha value is -4.95. The summed E-state index contributed by atoms with van der Waals surface area (Å²) in [5.41, 5.74) is 5.10. The molecule has 2 heterocycles. The molecule has 0 unspecified atom stereocenters. The lowest BCUT2D eigenvalue weighted by atomic mass is 10.1. The minimum atomic E-state index is -0.279. The lowest BCUT2D eigenvalue weighted by Gasteiger charge is -2.34. The highest BCUT2D eigenvalue weighted by Crippen LogP contribution is 2.30. The molecule has 8 heteroatoms. The molecule has 0 bridgehead atoms. The monoisotopic (exact) mass is 593 g/mol. The van der Waals surface area contributed by atoms with Crippen molar-refractivity contribution in [2.75, 3.05) is 32.8 Å². The fourth-order valence-electron chi connectivity index (χ4n) is 5.03. The first-order chi connectivity index (χ1) is 21.3. The normalized spacial score (nSPS) is 13.9. The van der Waals surface area contributed by atoms with Crippen molar-refractivity contribution in [2.24, 2.45) is 0 Å². The van der Waals surface area contributed by atoms with Gasteiger partial charge >= 0.3 is 0 Å². The van der Waals surface area contributed by atoms with Crippen LogP contribution in [0.2, 0.25) is 0 Å². The number of pyridine rings is 1. The van der Waals surface area contributed by atoms with Crippen molar-refractivity contribution in [2.45, 2.75) is 20.4 Å². The number of aromatic hydroxyl groups is 1. The minimum absolute atomic E-state index is 0.00752. The summed E-state index contributed by atoms with van der Waals surface area (Å²) in [6.07, 6.45) is 8.78. The predicted molar refractivity (Wildman–Crippen MR) is 170 cm³/mol. The van der Waals surface area contributed by atoms with E-state index in [1.165, 1.54) is 30.0 Å². The third-order valence-corrected chi connectivity index (χ3v) is 7.37. The first-order valence-corrected chi connectivity index (χ1v) is 14.6. The highest BCUT2D eigenvalue weighted by molar-refractivity contribution is 5.92. The topological polar surface area (TPSA) is 75.1 Å². The standard InChI is InChI=1S/C36H36FN3O4/c1-26-22-30(23-27(2)36(26)44-34-15-12-32(41)24-38-34)9-16-35(42)40-19-17-39(18-20-40)25-29-7-5-28(6-8-29)4-3-21-43-33-13-10-31(37)11-14-33/h3-16,22-24,41H,17-21,25H2,1-2H3/b4-3+,16-9+. The van der Waals surface area contributed by atoms with Crippen molar-refractivity contribution in [1.82, 2.24) is 14.8 Å². The van der Waals surface area contributed by atoms with E-state index in [0.29, 0.717) is 37.1 Å². The van der Waals surface area contributed by atoms with Gasteiger partial charge in [-0.05, 0) is 96.3 Å². The molecule has 0 radical (unpaired) electrons. The molecule has 0 aliphatic carbocycles. The van der Waals surface area contributed by atoms with Crippen LogP contribution in [0, 0.1) is 19.7 Å². The average molecular weight is 594 g/mol. The number of hydrogen-bond acceptors (Lipinski definition) is 6. The van der Waals surface area contributed by atoms with Crippen LogP contribution in [0.1, 0.15) is 27.8 Å². The molecule has 1 amide bonds. The SMILES string of the molecule is Cc1cc(/C=C/C(=O)N2CCN(Cc3ccc(/C=C/COc4ccc(F)cc4)cc3)CC2)cc(C)c1Oc1ccc(O)cn1. The Labute approximate surface area is 257 Å². The summed E-state index contributed by atoms with van der Waals surface area (Å²) in [5.74, 6) is 1.56. The second kappa shape index (κ2) is 14.5. The Kier molecular flexibility index (Phi) is 10.0. The van der Waals surface area contributed by atoms with Crippen LogP contribution in [-0.2, 0) is 11.3 Å². The Morgan fingerprint density at radius 2 is 1.61 bits per heavy atom. The molecule has 4 aromatic rings. The molecule has 3 aromatic carbocycles. The molecule has 1 aliphatic heterocycles. The summed E-state index contributed by atoms with van der Waals surface area (Å²) in [7, 11) is 0. The number of benzene rings is 3. The van der Waals surface area contributed by atoms with Crippen LogP contribution >= 0.6 is 0 Å². The van der Waals surface area contributed by atoms with Gasteiger partial charge in [-0.3, -0.25) is 9.69 Å². The van der Waals surface area contributed by atoms with E-state index in [0.717, 1.165) is 41.9 Å². The van der Waals surface area contributed by atoms with Crippen LogP contribution in [0.3, 0.4) is 0 Å². The van der Waals surface area contributed by atoms with E-state index in [2.05, 4.69) is 34.1 Å². The van der Waals surface area contributed by atoms with Gasteiger partial charge in [0.1, 0.15) is 29.7 Å². The lowest BCUT2D eigenvalue weighted by molar-refractivity contribution is -0.127. The maximum Gasteiger partial charge on any atom is 0.246 e. The summed E-state index contributed by atoms with van der Waals surface area (Å²) in [6, 6.07) is 21.5. The molecule has 0 atom stereocenters. The molecule has 1 aliphatic rings. The van der Waals surface area contributed by atoms with Crippen LogP contribution in [0.5, 0.6) is 23.1 Å². The van der Waals surface area contributed by atoms with Crippen molar-refractivity contribution in [3.05, 3.63) is 125 Å². The van der Waals surface area contributed by atoms with E-state index >= 15 is 0 Å². The molecule has 226 valence electrons. The van der Waals surface area contributed by atoms with Gasteiger partial charge in [0.15, 0.2) is 0 Å². The zero-order valence-electron chi connectivity index (χ0n) is 24.9. The summed E-state index contributed by atoms with van der Waals surface area (Å²) in [4.78, 5) is 21.3. The van der Waals surface area contributed by atoms with E-state index in [-0.39, 0.29) is 17.5 Å². The van der Waals surface area contributed by atoms with Gasteiger partial charge in [0, 0.05) is 44.9 Å². The second-order valence-corrected chi connectivity index (χ2v) is 10.8. The van der Waals surface area contributed by atoms with E-state index < -0.39 is 0 Å². The summed E-state index contributed by atoms with van der Waals surface area (Å²) in [6.45, 7) is 8.16. The van der Waals surface area contributed by atoms with Crippen molar-refractivity contribution < 1.29 is 23.8 Å². The molecule has 1 fully saturated rings. The number of carbonyl (C=O) groups is 1. The van der Waals surface area contributed by atoms with Gasteiger partial charge in [-0.25, -0.2) is 9.37 Å². The maximum absolute atomic E-state index is 13.0. The van der Waals surface area contributed by atoms with Gasteiger partial charge in [0.05, 0.1) is 6.20 Å². The Bertz CT molecular complexity index is 1590. The number of aryl methyl sites for hydroxylation is 2. The number of piperazine rings is 1. The third kappa shape index (κ3) is 8.55. The van der Waals surface area contributed by atoms with Crippen molar-refractivity contribution >= 4 is 18.1 Å². The highest BCUT2D eigenvalue weighted by Gasteiger charge is 2.19. The van der Waals surface area contributed by atoms with Crippen LogP contribution in [0.4, 0.5) is 4.39 Å². The number of carbonyl (C=O) groups excluding carboxylic acids is 1. The Morgan fingerprint density at radius 1 is 0.909 bits per heavy atom. The minimum Gasteiger partial charge on any atom is -0.506 e. The molecule has 44 heavy (non-hydrogen) atoms. The second-order valence-electron chi connectivity index (χ2n) is 10.8. The average Bonchev–Trinajstić information content (AvgIpc) is 3.03. The molecule has 5 rings (SSSR count). The lowest BCUT2D eigenvalue weighted by Crippen LogP contribution is -2.47. The van der Waals surface area contributed by atoms with Crippen molar-refractivity contribution in [3.8, 4) is 23.1 Å². The molecular weight excluding hydrogens is 557 g/mol. The van der Waals surface area contributed by atoms with Gasteiger partial charge in [-0.15, -0.1) is 0 Å². The number of nitrogens with zero attached hydrogens (tertiary/aromatic N) is 3. The number of rotatable bonds is 10. The van der Waals surface area contributed by atoms with Gasteiger partial charge < -0.3 is 19.5 Å². The van der Waals surface area contributed by atoms with Crippen LogP contribution in [-0.4, -0.2) is 58.6 Å². The number of ether oxygens (including phenoxy) is 2. The summed E-state index contributed by atoms with van der Waals surface area (Å²) >= 11 is 0. The maximum atomic E-state index is 13.0. The highest BCUT2D eigenvalue weighted by atomic mass is 19.1. The summed E-state index contributed by atoms with van der Waals surface area (Å²) < 4.78 is 24.5. The van der Waals surface area contributed by atoms with Crippen LogP contribution in [0.25, 0.3) is 12.2 Å². The van der Waals surface area contributed by atoms with E-state index in [1.54, 1.807) is 24.3 Å². The van der Waals surface area contributed by atoms with Gasteiger partial charge in [0.25, 0.3) is 0 Å². The fraction of sp³-hybridized carbons (Fsp3) is 0.222. The van der Waals surface area contributed by atoms with Gasteiger partial charge in [0.2, 0.25) is 11.8 Å². The fourth-order valence-corrected chi connectivity index (χ4v) is 5.03. The number of aromatic nitrogens is 1. The first-order valence-electron chi connectivity index (χ1n) is 14.6. The van der Waals surface area contributed by atoms with E-state index in [4.69, 9.17) is 9.47 Å². The molecule has 0 saturated carbocycles. The molecule has 1 N–H and O–H groups in total. The van der Waals surface area contributed by atoms with E-state index in [1.807, 2.05) is 49.1 Å². The molecule has 7 nitrogen and oxygen atoms in total. The third-order valence-electron chi connectivity index (χ3n) is 7.37. The van der Waals surface area contributed by atoms with Crippen molar-refractivity contribution in [3.63, 3.8) is 0 Å². The number of hydrogen-bond donors (Lipinski definition) is 1. The number of amides is 1. The van der Waals surface area contributed by atoms with Crippen LogP contribution in [0.15, 0.2) is 91.1 Å². The summed E-state index contributed by atoms with van der Waals surface area (Å²) in [5, 5.41) is 9.43. The van der Waals surface area contributed by atoms with Crippen LogP contribution < -0.4 is 9.47 Å². The molecule has 1 aromatic heterocycles. The zero-order chi connectivity index (χ0) is 30.9. The van der Waals surface area contributed by atoms with Gasteiger partial charge in [-0.1, -0.05) is 30.3 Å².